The highest BCUT2D eigenvalue weighted by atomic mass is 16.6. The lowest BCUT2D eigenvalue weighted by atomic mass is 10.2. The molecular weight excluding hydrogens is 276 g/mol. The third-order valence-electron chi connectivity index (χ3n) is 2.49. The van der Waals surface area contributed by atoms with E-state index in [0.29, 0.717) is 0 Å². The summed E-state index contributed by atoms with van der Waals surface area (Å²) in [5.41, 5.74) is 2.32. The second-order valence-electron chi connectivity index (χ2n) is 3.91. The van der Waals surface area contributed by atoms with Crippen LogP contribution in [0.5, 0.6) is 5.75 Å². The third kappa shape index (κ3) is 3.60. The molecule has 8 heteroatoms. The van der Waals surface area contributed by atoms with Crippen molar-refractivity contribution in [1.29, 1.82) is 0 Å². The van der Waals surface area contributed by atoms with Gasteiger partial charge in [-0.2, -0.15) is 5.10 Å². The Morgan fingerprint density at radius 2 is 2.19 bits per heavy atom. The van der Waals surface area contributed by atoms with Gasteiger partial charge in [0.2, 0.25) is 0 Å². The number of nitrogens with one attached hydrogen (secondary N) is 1. The maximum Gasteiger partial charge on any atom is 0.289 e. The number of pyridine rings is 1. The number of phenolic OH excluding ortho intramolecular Hbond substituents is 1. The van der Waals surface area contributed by atoms with E-state index in [9.17, 15) is 20.0 Å². The summed E-state index contributed by atoms with van der Waals surface area (Å²) < 4.78 is 0. The highest BCUT2D eigenvalue weighted by molar-refractivity contribution is 5.93. The molecule has 0 aliphatic rings. The van der Waals surface area contributed by atoms with E-state index in [2.05, 4.69) is 15.5 Å². The average Bonchev–Trinajstić information content (AvgIpc) is 2.49. The average molecular weight is 286 g/mol. The molecule has 21 heavy (non-hydrogen) atoms. The van der Waals surface area contributed by atoms with Crippen molar-refractivity contribution in [3.05, 3.63) is 64.0 Å². The molecule has 0 atom stereocenters. The quantitative estimate of drug-likeness (QED) is 0.501. The highest BCUT2D eigenvalue weighted by Gasteiger charge is 2.09. The van der Waals surface area contributed by atoms with Crippen molar-refractivity contribution in [2.24, 2.45) is 5.10 Å². The van der Waals surface area contributed by atoms with Crippen LogP contribution in [0.4, 0.5) is 5.69 Å². The summed E-state index contributed by atoms with van der Waals surface area (Å²) in [4.78, 5) is 25.5. The number of nitro benzene ring substituents is 1. The molecule has 8 nitrogen and oxygen atoms in total. The largest absolute Gasteiger partial charge is 0.507 e. The van der Waals surface area contributed by atoms with Crippen LogP contribution in [0.3, 0.4) is 0 Å². The second kappa shape index (κ2) is 6.24. The van der Waals surface area contributed by atoms with Crippen molar-refractivity contribution in [2.75, 3.05) is 0 Å². The molecule has 0 unspecified atom stereocenters. The van der Waals surface area contributed by atoms with Crippen LogP contribution < -0.4 is 5.43 Å². The van der Waals surface area contributed by atoms with Crippen LogP contribution in [0.25, 0.3) is 0 Å². The van der Waals surface area contributed by atoms with Crippen molar-refractivity contribution < 1.29 is 14.8 Å². The summed E-state index contributed by atoms with van der Waals surface area (Å²) in [6.07, 6.45) is 2.58. The molecule has 0 saturated heterocycles. The number of aromatic nitrogens is 1. The summed E-state index contributed by atoms with van der Waals surface area (Å²) >= 11 is 0. The predicted octanol–water partition coefficient (Wildman–Crippen LogP) is 1.46. The van der Waals surface area contributed by atoms with Gasteiger partial charge in [0.15, 0.2) is 0 Å². The molecule has 0 aliphatic carbocycles. The van der Waals surface area contributed by atoms with E-state index in [-0.39, 0.29) is 22.7 Å². The Kier molecular flexibility index (Phi) is 4.20. The van der Waals surface area contributed by atoms with Gasteiger partial charge in [-0.15, -0.1) is 0 Å². The summed E-state index contributed by atoms with van der Waals surface area (Å²) in [6.45, 7) is 0. The lowest BCUT2D eigenvalue weighted by Crippen LogP contribution is -2.18. The summed E-state index contributed by atoms with van der Waals surface area (Å²) in [6, 6.07) is 8.32. The van der Waals surface area contributed by atoms with E-state index < -0.39 is 10.8 Å². The van der Waals surface area contributed by atoms with Crippen LogP contribution in [-0.4, -0.2) is 27.1 Å². The molecule has 0 fully saturated rings. The molecule has 1 aromatic heterocycles. The Labute approximate surface area is 118 Å². The Hall–Kier alpha value is -3.29. The zero-order chi connectivity index (χ0) is 15.2. The first-order valence-corrected chi connectivity index (χ1v) is 5.80. The van der Waals surface area contributed by atoms with Gasteiger partial charge in [0.25, 0.3) is 11.6 Å². The van der Waals surface area contributed by atoms with Gasteiger partial charge < -0.3 is 5.11 Å². The van der Waals surface area contributed by atoms with Gasteiger partial charge in [0.05, 0.1) is 11.1 Å². The molecule has 0 spiro atoms. The molecule has 1 heterocycles. The number of hydrogen-bond donors (Lipinski definition) is 2. The molecule has 2 N–H and O–H groups in total. The van der Waals surface area contributed by atoms with E-state index in [1.165, 1.54) is 24.4 Å². The number of aromatic hydroxyl groups is 1. The topological polar surface area (TPSA) is 118 Å². The Bertz CT molecular complexity index is 701. The van der Waals surface area contributed by atoms with Crippen molar-refractivity contribution >= 4 is 17.8 Å². The first kappa shape index (κ1) is 14.1. The van der Waals surface area contributed by atoms with E-state index in [1.807, 2.05) is 0 Å². The standard InChI is InChI=1S/C13H10N4O4/c18-12-5-4-10(17(20)21)7-9(12)8-15-16-13(19)11-3-1-2-6-14-11/h1-8,18H,(H,16,19). The van der Waals surface area contributed by atoms with Gasteiger partial charge in [-0.1, -0.05) is 6.07 Å². The number of amides is 1. The zero-order valence-electron chi connectivity index (χ0n) is 10.6. The Morgan fingerprint density at radius 1 is 1.38 bits per heavy atom. The molecule has 2 aromatic rings. The second-order valence-corrected chi connectivity index (χ2v) is 3.91. The number of phenols is 1. The predicted molar refractivity (Wildman–Crippen MR) is 74.1 cm³/mol. The zero-order valence-corrected chi connectivity index (χ0v) is 10.6. The number of benzene rings is 1. The van der Waals surface area contributed by atoms with Crippen LogP contribution >= 0.6 is 0 Å². The number of nitrogens with zero attached hydrogens (tertiary/aromatic N) is 3. The maximum atomic E-state index is 11.6. The Morgan fingerprint density at radius 3 is 2.86 bits per heavy atom. The molecule has 0 bridgehead atoms. The molecule has 1 amide bonds. The fourth-order valence-corrected chi connectivity index (χ4v) is 1.47. The monoisotopic (exact) mass is 286 g/mol. The molecule has 0 saturated carbocycles. The minimum Gasteiger partial charge on any atom is -0.507 e. The number of nitro groups is 1. The minimum absolute atomic E-state index is 0.116. The molecule has 106 valence electrons. The normalized spacial score (nSPS) is 10.5. The molecular formula is C13H10N4O4. The summed E-state index contributed by atoms with van der Waals surface area (Å²) in [7, 11) is 0. The highest BCUT2D eigenvalue weighted by Crippen LogP contribution is 2.21. The van der Waals surface area contributed by atoms with Gasteiger partial charge in [-0.3, -0.25) is 19.9 Å². The van der Waals surface area contributed by atoms with E-state index in [0.717, 1.165) is 12.3 Å². The number of hydrogen-bond acceptors (Lipinski definition) is 6. The number of rotatable bonds is 4. The Balaban J connectivity index is 2.10. The number of carbonyl (C=O) groups is 1. The molecule has 2 rings (SSSR count). The van der Waals surface area contributed by atoms with Gasteiger partial charge in [-0.05, 0) is 18.2 Å². The van der Waals surface area contributed by atoms with Crippen LogP contribution in [0.2, 0.25) is 0 Å². The van der Waals surface area contributed by atoms with Crippen molar-refractivity contribution in [3.63, 3.8) is 0 Å². The summed E-state index contributed by atoms with van der Waals surface area (Å²) in [5.74, 6) is -0.715. The van der Waals surface area contributed by atoms with Gasteiger partial charge in [0.1, 0.15) is 11.4 Å². The number of carbonyl (C=O) groups excluding carboxylic acids is 1. The first-order valence-electron chi connectivity index (χ1n) is 5.80. The fourth-order valence-electron chi connectivity index (χ4n) is 1.47. The van der Waals surface area contributed by atoms with Gasteiger partial charge >= 0.3 is 0 Å². The lowest BCUT2D eigenvalue weighted by molar-refractivity contribution is -0.384. The van der Waals surface area contributed by atoms with E-state index in [4.69, 9.17) is 0 Å². The molecule has 0 radical (unpaired) electrons. The van der Waals surface area contributed by atoms with Gasteiger partial charge in [0, 0.05) is 23.9 Å². The smallest absolute Gasteiger partial charge is 0.289 e. The lowest BCUT2D eigenvalue weighted by Gasteiger charge is -2.00. The molecule has 0 aliphatic heterocycles. The summed E-state index contributed by atoms with van der Waals surface area (Å²) in [5, 5.41) is 23.8. The molecule has 1 aromatic carbocycles. The number of hydrazone groups is 1. The van der Waals surface area contributed by atoms with E-state index in [1.54, 1.807) is 12.1 Å². The van der Waals surface area contributed by atoms with Crippen LogP contribution in [0.1, 0.15) is 16.1 Å². The maximum absolute atomic E-state index is 11.6. The van der Waals surface area contributed by atoms with Crippen molar-refractivity contribution in [2.45, 2.75) is 0 Å². The minimum atomic E-state index is -0.594. The fraction of sp³-hybridized carbons (Fsp3) is 0. The van der Waals surface area contributed by atoms with Crippen molar-refractivity contribution in [1.82, 2.24) is 10.4 Å². The third-order valence-corrected chi connectivity index (χ3v) is 2.49. The van der Waals surface area contributed by atoms with Crippen LogP contribution in [0.15, 0.2) is 47.7 Å². The van der Waals surface area contributed by atoms with Crippen LogP contribution in [-0.2, 0) is 0 Å². The van der Waals surface area contributed by atoms with E-state index >= 15 is 0 Å². The van der Waals surface area contributed by atoms with Crippen molar-refractivity contribution in [3.8, 4) is 5.75 Å². The first-order chi connectivity index (χ1) is 10.1. The van der Waals surface area contributed by atoms with Crippen LogP contribution in [0, 0.1) is 10.1 Å². The SMILES string of the molecule is O=C(NN=Cc1cc([N+](=O)[O-])ccc1O)c1ccccn1. The number of non-ortho nitro benzene ring substituents is 1. The van der Waals surface area contributed by atoms with Gasteiger partial charge in [-0.25, -0.2) is 5.43 Å².